The molecule has 4 fully saturated rings. The summed E-state index contributed by atoms with van der Waals surface area (Å²) < 4.78 is 30.4. The van der Waals surface area contributed by atoms with Gasteiger partial charge in [-0.05, 0) is 33.6 Å². The summed E-state index contributed by atoms with van der Waals surface area (Å²) in [6, 6.07) is 8.52. The molecule has 16 N–H and O–H groups in total. The quantitative estimate of drug-likeness (QED) is 0.0358. The Kier molecular flexibility index (Phi) is 32.9. The highest BCUT2D eigenvalue weighted by molar-refractivity contribution is 5.96. The Morgan fingerprint density at radius 1 is 0.392 bits per heavy atom. The number of hydrogen-bond donors (Lipinski definition) is 16. The third-order valence-corrected chi connectivity index (χ3v) is 13.1. The van der Waals surface area contributed by atoms with Crippen LogP contribution < -0.4 is 0 Å². The van der Waals surface area contributed by atoms with E-state index in [0.29, 0.717) is 18.4 Å². The fourth-order valence-corrected chi connectivity index (χ4v) is 8.58. The Hall–Kier alpha value is -3.96. The van der Waals surface area contributed by atoms with Crippen molar-refractivity contribution in [2.45, 2.75) is 207 Å². The van der Waals surface area contributed by atoms with E-state index in [0.717, 1.165) is 0 Å². The Bertz CT molecular complexity index is 1880. The topological polar surface area (TPSA) is 481 Å². The number of carbonyl (C=O) groups is 6. The Labute approximate surface area is 455 Å². The maximum atomic E-state index is 12.0. The number of aliphatic hydroxyl groups is 16. The predicted molar refractivity (Wildman–Crippen MR) is 266 cm³/mol. The van der Waals surface area contributed by atoms with Gasteiger partial charge in [-0.25, -0.2) is 0 Å². The third kappa shape index (κ3) is 22.7. The zero-order chi connectivity index (χ0) is 59.7. The number of carbonyl (C=O) groups excluding carboxylic acids is 6. The van der Waals surface area contributed by atoms with Crippen molar-refractivity contribution in [1.82, 2.24) is 0 Å². The largest absolute Gasteiger partial charge is 0.466 e. The van der Waals surface area contributed by atoms with Crippen molar-refractivity contribution in [2.24, 2.45) is 0 Å². The summed E-state index contributed by atoms with van der Waals surface area (Å²) in [6.07, 6.45) is -24.1. The summed E-state index contributed by atoms with van der Waals surface area (Å²) in [7, 11) is 0. The summed E-state index contributed by atoms with van der Waals surface area (Å²) in [5, 5.41) is 152. The average molecular weight is 1140 g/mol. The molecule has 0 amide bonds. The van der Waals surface area contributed by atoms with E-state index in [9.17, 15) is 90.0 Å². The van der Waals surface area contributed by atoms with Crippen LogP contribution in [0.15, 0.2) is 30.3 Å². The van der Waals surface area contributed by atoms with Crippen LogP contribution in [-0.2, 0) is 52.4 Å². The van der Waals surface area contributed by atoms with Gasteiger partial charge >= 0.3 is 11.9 Å². The maximum Gasteiger partial charge on any atom is 0.305 e. The van der Waals surface area contributed by atoms with Crippen LogP contribution in [0.25, 0.3) is 0 Å². The van der Waals surface area contributed by atoms with Crippen LogP contribution in [0.1, 0.15) is 95.3 Å². The highest BCUT2D eigenvalue weighted by Crippen LogP contribution is 2.28. The van der Waals surface area contributed by atoms with Gasteiger partial charge in [-0.1, -0.05) is 30.3 Å². The third-order valence-electron chi connectivity index (χ3n) is 13.1. The summed E-state index contributed by atoms with van der Waals surface area (Å²) in [5.41, 5.74) is 0.476. The zero-order valence-electron chi connectivity index (χ0n) is 44.3. The molecule has 4 saturated heterocycles. The van der Waals surface area contributed by atoms with Crippen LogP contribution in [0, 0.1) is 0 Å². The average Bonchev–Trinajstić information content (AvgIpc) is 3.42. The van der Waals surface area contributed by atoms with Gasteiger partial charge in [-0.15, -0.1) is 0 Å². The first-order valence-electron chi connectivity index (χ1n) is 26.0. The molecule has 0 aromatic heterocycles. The molecule has 4 heterocycles. The number of hydrogen-bond acceptors (Lipinski definition) is 28. The SMILES string of the molecule is CC(=O)C[C@@H]1OC(CO)[C@@H](O)C(O)[C@@H]1O.CCOC(=O)CCCC(=O)C[C@@H]1OC(CO)[C@@H](O)C(O)[C@@H]1O.CCOC(=O)CCCC(=O)C[C@@H]1OC(CO)[C@@H](O)C(O)[C@H]1O.O=C(C[C@@H]1OC(CO)[C@@H](O)C(O)[C@@H]1O)c1ccccc1. The number of rotatable bonds is 23. The molecule has 8 unspecified atom stereocenters. The van der Waals surface area contributed by atoms with Crippen molar-refractivity contribution >= 4 is 35.1 Å². The van der Waals surface area contributed by atoms with Crippen LogP contribution in [-0.4, -0.2) is 278 Å². The number of esters is 2. The Morgan fingerprint density at radius 3 is 0.949 bits per heavy atom. The fourth-order valence-electron chi connectivity index (χ4n) is 8.58. The minimum Gasteiger partial charge on any atom is -0.466 e. The summed E-state index contributed by atoms with van der Waals surface area (Å²) in [5.74, 6) is -1.66. The second kappa shape index (κ2) is 36.5. The molecule has 28 nitrogen and oxygen atoms in total. The molecule has 4 aliphatic rings. The predicted octanol–water partition coefficient (Wildman–Crippen LogP) is -6.05. The first-order valence-corrected chi connectivity index (χ1v) is 26.0. The number of ketones is 4. The first kappa shape index (κ1) is 71.1. The lowest BCUT2D eigenvalue weighted by Crippen LogP contribution is -2.58. The van der Waals surface area contributed by atoms with Gasteiger partial charge in [0.2, 0.25) is 0 Å². The number of ether oxygens (including phenoxy) is 6. The lowest BCUT2D eigenvalue weighted by atomic mass is 9.91. The van der Waals surface area contributed by atoms with Gasteiger partial charge in [0.1, 0.15) is 115 Å². The molecule has 1 aromatic rings. The highest BCUT2D eigenvalue weighted by atomic mass is 16.6. The molecule has 1 aromatic carbocycles. The van der Waals surface area contributed by atoms with Gasteiger partial charge in [0, 0.05) is 56.9 Å². The van der Waals surface area contributed by atoms with Crippen LogP contribution in [0.4, 0.5) is 0 Å². The van der Waals surface area contributed by atoms with Gasteiger partial charge in [-0.3, -0.25) is 28.8 Å². The van der Waals surface area contributed by atoms with E-state index in [4.69, 9.17) is 48.8 Å². The summed E-state index contributed by atoms with van der Waals surface area (Å²) in [6.45, 7) is 3.28. The number of Topliss-reactive ketones (excluding diaryl/α,β-unsaturated/α-hetero) is 4. The minimum atomic E-state index is -1.48. The lowest BCUT2D eigenvalue weighted by Gasteiger charge is -2.39. The van der Waals surface area contributed by atoms with Crippen LogP contribution in [0.5, 0.6) is 0 Å². The van der Waals surface area contributed by atoms with Crippen molar-refractivity contribution in [2.75, 3.05) is 39.6 Å². The number of aliphatic hydroxyl groups excluding tert-OH is 16. The highest BCUT2D eigenvalue weighted by Gasteiger charge is 2.47. The fraction of sp³-hybridized carbons (Fsp3) is 0.765. The zero-order valence-corrected chi connectivity index (χ0v) is 44.3. The van der Waals surface area contributed by atoms with E-state index in [1.54, 1.807) is 44.2 Å². The van der Waals surface area contributed by atoms with Crippen molar-refractivity contribution in [3.05, 3.63) is 35.9 Å². The molecule has 0 spiro atoms. The van der Waals surface area contributed by atoms with Crippen LogP contribution >= 0.6 is 0 Å². The maximum absolute atomic E-state index is 12.0. The molecule has 28 heteroatoms. The van der Waals surface area contributed by atoms with E-state index in [1.165, 1.54) is 6.92 Å². The van der Waals surface area contributed by atoms with Crippen molar-refractivity contribution in [3.63, 3.8) is 0 Å². The molecular formula is C51H82O28. The minimum absolute atomic E-state index is 0.0541. The lowest BCUT2D eigenvalue weighted by molar-refractivity contribution is -0.229. The molecule has 454 valence electrons. The molecule has 4 aliphatic heterocycles. The second-order valence-corrected chi connectivity index (χ2v) is 19.2. The summed E-state index contributed by atoms with van der Waals surface area (Å²) >= 11 is 0. The molecule has 79 heavy (non-hydrogen) atoms. The molecule has 0 saturated carbocycles. The van der Waals surface area contributed by atoms with Gasteiger partial charge in [0.25, 0.3) is 0 Å². The Morgan fingerprint density at radius 2 is 0.671 bits per heavy atom. The monoisotopic (exact) mass is 1140 g/mol. The van der Waals surface area contributed by atoms with Crippen LogP contribution in [0.2, 0.25) is 0 Å². The van der Waals surface area contributed by atoms with E-state index in [-0.39, 0.29) is 99.7 Å². The van der Waals surface area contributed by atoms with Crippen LogP contribution in [0.3, 0.4) is 0 Å². The Balaban J connectivity index is 0.000000363. The molecular weight excluding hydrogens is 1060 g/mol. The molecule has 0 bridgehead atoms. The second-order valence-electron chi connectivity index (χ2n) is 19.2. The summed E-state index contributed by atoms with van der Waals surface area (Å²) in [4.78, 5) is 68.8. The molecule has 0 radical (unpaired) electrons. The van der Waals surface area contributed by atoms with Gasteiger partial charge in [0.05, 0.1) is 64.1 Å². The normalized spacial score (nSPS) is 34.2. The van der Waals surface area contributed by atoms with Gasteiger partial charge in [-0.2, -0.15) is 0 Å². The first-order chi connectivity index (χ1) is 37.3. The van der Waals surface area contributed by atoms with E-state index in [2.05, 4.69) is 0 Å². The number of benzene rings is 1. The standard InChI is InChI=1S/2C14H24O8.C14H18O6.C9H16O6/c2*1-2-21-11(17)5-3-4-8(16)6-9-12(18)14(20)13(19)10(7-15)22-9;15-7-11-13(18)14(19)12(17)10(20-11)6-9(16)8-4-2-1-3-5-8;1-4(11)2-5-7(12)9(14)8(13)6(3-10)15-5/h2*9-10,12-15,18-20H,2-7H2,1H3;1-5,10-15,17-19H,6-7H2;5-10,12-14H,2-3H2,1H3/t9-,10?,12+,13+,14?;9-,10?,12-,13+,14?;10-,11?,12+,13+,14?;5-,6?,7+,8+,9?/m0000/s1. The van der Waals surface area contributed by atoms with Crippen molar-refractivity contribution in [3.8, 4) is 0 Å². The van der Waals surface area contributed by atoms with Gasteiger partial charge < -0.3 is 110 Å². The van der Waals surface area contributed by atoms with Crippen molar-refractivity contribution < 1.29 is 139 Å². The molecule has 0 aliphatic carbocycles. The molecule has 5 rings (SSSR count). The molecule has 20 atom stereocenters. The van der Waals surface area contributed by atoms with E-state index < -0.39 is 149 Å². The smallest absolute Gasteiger partial charge is 0.305 e. The van der Waals surface area contributed by atoms with E-state index in [1.807, 2.05) is 0 Å². The van der Waals surface area contributed by atoms with Gasteiger partial charge in [0.15, 0.2) is 5.78 Å². The van der Waals surface area contributed by atoms with E-state index >= 15 is 0 Å². The van der Waals surface area contributed by atoms with Crippen molar-refractivity contribution in [1.29, 1.82) is 0 Å².